The average molecular weight is 415 g/mol. The normalized spacial score (nSPS) is 12.3. The summed E-state index contributed by atoms with van der Waals surface area (Å²) in [5.74, 6) is 0.832. The van der Waals surface area contributed by atoms with Gasteiger partial charge in [-0.3, -0.25) is 14.2 Å². The molecule has 0 saturated carbocycles. The molecule has 29 heavy (non-hydrogen) atoms. The van der Waals surface area contributed by atoms with Gasteiger partial charge in [-0.05, 0) is 51.5 Å². The molecule has 8 heteroatoms. The molecule has 0 saturated heterocycles. The molecule has 7 nitrogen and oxygen atoms in total. The number of amides is 1. The van der Waals surface area contributed by atoms with Gasteiger partial charge in [-0.2, -0.15) is 0 Å². The van der Waals surface area contributed by atoms with Gasteiger partial charge < -0.3 is 15.0 Å². The van der Waals surface area contributed by atoms with E-state index < -0.39 is 0 Å². The number of H-pyrrole nitrogens is 1. The Morgan fingerprint density at radius 1 is 1.28 bits per heavy atom. The van der Waals surface area contributed by atoms with E-state index in [1.54, 1.807) is 11.7 Å². The third-order valence-electron chi connectivity index (χ3n) is 4.63. The smallest absolute Gasteiger partial charge is 0.278 e. The molecule has 154 valence electrons. The topological polar surface area (TPSA) is 89.0 Å². The summed E-state index contributed by atoms with van der Waals surface area (Å²) in [4.78, 5) is 33.0. The summed E-state index contributed by atoms with van der Waals surface area (Å²) in [5, 5.41) is 3.53. The Labute approximate surface area is 173 Å². The predicted molar refractivity (Wildman–Crippen MR) is 116 cm³/mol. The summed E-state index contributed by atoms with van der Waals surface area (Å²) >= 11 is 1.27. The Hall–Kier alpha value is -2.74. The summed E-state index contributed by atoms with van der Waals surface area (Å²) in [5.41, 5.74) is 2.88. The molecular weight excluding hydrogens is 388 g/mol. The first-order chi connectivity index (χ1) is 13.8. The van der Waals surface area contributed by atoms with Gasteiger partial charge in [-0.15, -0.1) is 0 Å². The lowest BCUT2D eigenvalue weighted by molar-refractivity contribution is -0.119. The molecule has 2 heterocycles. The van der Waals surface area contributed by atoms with Gasteiger partial charge in [-0.1, -0.05) is 23.9 Å². The van der Waals surface area contributed by atoms with Crippen LogP contribution in [0.3, 0.4) is 0 Å². The van der Waals surface area contributed by atoms with Crippen LogP contribution in [0.5, 0.6) is 5.75 Å². The second-order valence-electron chi connectivity index (χ2n) is 7.23. The molecule has 0 fully saturated rings. The number of aromatic nitrogens is 3. The van der Waals surface area contributed by atoms with Gasteiger partial charge in [0.2, 0.25) is 5.91 Å². The van der Waals surface area contributed by atoms with Gasteiger partial charge in [0.05, 0.1) is 24.4 Å². The first-order valence-electron chi connectivity index (χ1n) is 9.48. The average Bonchev–Trinajstić information content (AvgIpc) is 3.06. The second kappa shape index (κ2) is 8.73. The molecule has 0 aliphatic carbocycles. The fourth-order valence-electron chi connectivity index (χ4n) is 3.14. The van der Waals surface area contributed by atoms with Crippen molar-refractivity contribution in [2.45, 2.75) is 44.9 Å². The number of hydrogen-bond acceptors (Lipinski definition) is 5. The maximum absolute atomic E-state index is 12.8. The molecule has 0 radical (unpaired) electrons. The fraction of sp³-hybridized carbons (Fsp3) is 0.381. The van der Waals surface area contributed by atoms with E-state index in [9.17, 15) is 9.59 Å². The minimum absolute atomic E-state index is 0.0632. The third kappa shape index (κ3) is 4.64. The SMILES string of the molecule is COc1ccc(C(C)NC(=O)CSc2nc3cc(C)[nH]c3c(=O)n2C(C)C)cc1. The molecule has 0 aliphatic rings. The molecule has 3 rings (SSSR count). The van der Waals surface area contributed by atoms with E-state index >= 15 is 0 Å². The van der Waals surface area contributed by atoms with Crippen molar-refractivity contribution in [2.75, 3.05) is 12.9 Å². The van der Waals surface area contributed by atoms with Crippen molar-refractivity contribution in [1.29, 1.82) is 0 Å². The number of carbonyl (C=O) groups excluding carboxylic acids is 1. The number of ether oxygens (including phenoxy) is 1. The minimum atomic E-state index is -0.135. The Morgan fingerprint density at radius 3 is 2.59 bits per heavy atom. The lowest BCUT2D eigenvalue weighted by Gasteiger charge is -2.17. The van der Waals surface area contributed by atoms with E-state index in [1.165, 1.54) is 11.8 Å². The molecule has 1 atom stereocenters. The molecule has 0 bridgehead atoms. The van der Waals surface area contributed by atoms with Crippen molar-refractivity contribution in [3.63, 3.8) is 0 Å². The molecule has 1 aromatic carbocycles. The molecule has 2 aromatic heterocycles. The maximum atomic E-state index is 12.8. The Kier molecular flexibility index (Phi) is 6.32. The monoisotopic (exact) mass is 414 g/mol. The number of carbonyl (C=O) groups is 1. The van der Waals surface area contributed by atoms with Crippen LogP contribution in [0.15, 0.2) is 40.3 Å². The van der Waals surface area contributed by atoms with E-state index in [-0.39, 0.29) is 29.3 Å². The van der Waals surface area contributed by atoms with Crippen LogP contribution in [0.4, 0.5) is 0 Å². The number of benzene rings is 1. The molecule has 1 unspecified atom stereocenters. The first kappa shape index (κ1) is 21.0. The van der Waals surface area contributed by atoms with Gasteiger partial charge >= 0.3 is 0 Å². The number of hydrogen-bond donors (Lipinski definition) is 2. The number of rotatable bonds is 7. The standard InChI is InChI=1S/C21H26N4O3S/c1-12(2)25-20(27)19-17(10-13(3)22-19)24-21(25)29-11-18(26)23-14(4)15-6-8-16(28-5)9-7-15/h6-10,12,14,22H,11H2,1-5H3,(H,23,26). The highest BCUT2D eigenvalue weighted by atomic mass is 32.2. The Bertz CT molecular complexity index is 1070. The molecule has 0 aliphatic heterocycles. The second-order valence-corrected chi connectivity index (χ2v) is 8.17. The number of thioether (sulfide) groups is 1. The zero-order chi connectivity index (χ0) is 21.1. The van der Waals surface area contributed by atoms with Crippen LogP contribution >= 0.6 is 11.8 Å². The van der Waals surface area contributed by atoms with Crippen molar-refractivity contribution in [2.24, 2.45) is 0 Å². The minimum Gasteiger partial charge on any atom is -0.497 e. The van der Waals surface area contributed by atoms with Crippen molar-refractivity contribution in [3.8, 4) is 5.75 Å². The van der Waals surface area contributed by atoms with Crippen LogP contribution in [0.25, 0.3) is 11.0 Å². The highest BCUT2D eigenvalue weighted by Crippen LogP contribution is 2.22. The van der Waals surface area contributed by atoms with E-state index in [0.29, 0.717) is 16.2 Å². The molecule has 0 spiro atoms. The van der Waals surface area contributed by atoms with E-state index in [4.69, 9.17) is 4.74 Å². The first-order valence-corrected chi connectivity index (χ1v) is 10.5. The lowest BCUT2D eigenvalue weighted by Crippen LogP contribution is -2.29. The highest BCUT2D eigenvalue weighted by molar-refractivity contribution is 7.99. The number of aromatic amines is 1. The van der Waals surface area contributed by atoms with E-state index in [1.807, 2.05) is 58.0 Å². The summed E-state index contributed by atoms with van der Waals surface area (Å²) in [6.07, 6.45) is 0. The lowest BCUT2D eigenvalue weighted by atomic mass is 10.1. The van der Waals surface area contributed by atoms with Crippen molar-refractivity contribution >= 4 is 28.7 Å². The predicted octanol–water partition coefficient (Wildman–Crippen LogP) is 3.59. The van der Waals surface area contributed by atoms with Gasteiger partial charge in [0.1, 0.15) is 11.3 Å². The molecule has 2 N–H and O–H groups in total. The largest absolute Gasteiger partial charge is 0.497 e. The summed E-state index contributed by atoms with van der Waals surface area (Å²) in [7, 11) is 1.62. The maximum Gasteiger partial charge on any atom is 0.278 e. The van der Waals surface area contributed by atoms with Gasteiger partial charge in [0.25, 0.3) is 5.56 Å². The van der Waals surface area contributed by atoms with E-state index in [0.717, 1.165) is 17.0 Å². The Morgan fingerprint density at radius 2 is 1.97 bits per heavy atom. The van der Waals surface area contributed by atoms with Crippen molar-refractivity contribution in [1.82, 2.24) is 19.9 Å². The zero-order valence-corrected chi connectivity index (χ0v) is 18.1. The summed E-state index contributed by atoms with van der Waals surface area (Å²) in [6.45, 7) is 7.68. The quantitative estimate of drug-likeness (QED) is 0.456. The van der Waals surface area contributed by atoms with Gasteiger partial charge in [0, 0.05) is 11.7 Å². The number of aryl methyl sites for hydroxylation is 1. The fourth-order valence-corrected chi connectivity index (χ4v) is 4.08. The number of nitrogens with one attached hydrogen (secondary N) is 2. The Balaban J connectivity index is 1.73. The highest BCUT2D eigenvalue weighted by Gasteiger charge is 2.17. The van der Waals surface area contributed by atoms with Crippen LogP contribution in [0.2, 0.25) is 0 Å². The molecular formula is C21H26N4O3S. The van der Waals surface area contributed by atoms with Gasteiger partial charge in [0.15, 0.2) is 5.16 Å². The molecule has 3 aromatic rings. The summed E-state index contributed by atoms with van der Waals surface area (Å²) in [6, 6.07) is 9.24. The summed E-state index contributed by atoms with van der Waals surface area (Å²) < 4.78 is 6.79. The number of methoxy groups -OCH3 is 1. The van der Waals surface area contributed by atoms with Crippen LogP contribution in [0.1, 0.15) is 44.1 Å². The third-order valence-corrected chi connectivity index (χ3v) is 5.58. The van der Waals surface area contributed by atoms with Gasteiger partial charge in [-0.25, -0.2) is 4.98 Å². The molecule has 1 amide bonds. The van der Waals surface area contributed by atoms with Crippen molar-refractivity contribution in [3.05, 3.63) is 51.9 Å². The van der Waals surface area contributed by atoms with Crippen LogP contribution < -0.4 is 15.6 Å². The van der Waals surface area contributed by atoms with Crippen LogP contribution in [-0.2, 0) is 4.79 Å². The zero-order valence-electron chi connectivity index (χ0n) is 17.3. The van der Waals surface area contributed by atoms with Crippen LogP contribution in [0, 0.1) is 6.92 Å². The number of nitrogens with zero attached hydrogens (tertiary/aromatic N) is 2. The number of fused-ring (bicyclic) bond motifs is 1. The van der Waals surface area contributed by atoms with Crippen LogP contribution in [-0.4, -0.2) is 33.3 Å². The van der Waals surface area contributed by atoms with E-state index in [2.05, 4.69) is 15.3 Å². The van der Waals surface area contributed by atoms with Crippen molar-refractivity contribution < 1.29 is 9.53 Å².